The van der Waals surface area contributed by atoms with Crippen molar-refractivity contribution in [2.45, 2.75) is 19.9 Å². The van der Waals surface area contributed by atoms with E-state index in [0.29, 0.717) is 22.0 Å². The minimum atomic E-state index is -0.908. The zero-order chi connectivity index (χ0) is 13.9. The number of halogens is 1. The quantitative estimate of drug-likeness (QED) is 0.668. The summed E-state index contributed by atoms with van der Waals surface area (Å²) < 4.78 is 11.1. The molecule has 0 aliphatic carbocycles. The van der Waals surface area contributed by atoms with E-state index < -0.39 is 15.7 Å². The lowest BCUT2D eigenvalue weighted by molar-refractivity contribution is -0.384. The van der Waals surface area contributed by atoms with Crippen LogP contribution in [0.3, 0.4) is 0 Å². The Morgan fingerprint density at radius 2 is 2.17 bits per heavy atom. The largest absolute Gasteiger partial charge is 0.380 e. The molecule has 0 aliphatic heterocycles. The van der Waals surface area contributed by atoms with Crippen molar-refractivity contribution in [2.75, 3.05) is 17.3 Å². The number of benzene rings is 1. The number of hydrogen-bond acceptors (Lipinski definition) is 4. The average Bonchev–Trinajstić information content (AvgIpc) is 2.21. The Hall–Kier alpha value is -1.14. The zero-order valence-electron chi connectivity index (χ0n) is 10.4. The summed E-state index contributed by atoms with van der Waals surface area (Å²) in [5.41, 5.74) is 1.32. The maximum absolute atomic E-state index is 11.1. The molecule has 0 amide bonds. The first kappa shape index (κ1) is 14.9. The highest BCUT2D eigenvalue weighted by molar-refractivity contribution is 7.84. The molecule has 0 fully saturated rings. The summed E-state index contributed by atoms with van der Waals surface area (Å²) in [7, 11) is -0.908. The van der Waals surface area contributed by atoms with E-state index in [2.05, 4.69) is 5.32 Å². The van der Waals surface area contributed by atoms with E-state index >= 15 is 0 Å². The van der Waals surface area contributed by atoms with Gasteiger partial charge in [0, 0.05) is 41.0 Å². The van der Waals surface area contributed by atoms with Crippen molar-refractivity contribution in [1.82, 2.24) is 0 Å². The van der Waals surface area contributed by atoms with Gasteiger partial charge in [0.1, 0.15) is 0 Å². The monoisotopic (exact) mass is 290 g/mol. The predicted octanol–water partition coefficient (Wildman–Crippen LogP) is 2.74. The third kappa shape index (κ3) is 3.96. The van der Waals surface area contributed by atoms with Crippen LogP contribution in [-0.2, 0) is 10.8 Å². The Morgan fingerprint density at radius 1 is 1.56 bits per heavy atom. The van der Waals surface area contributed by atoms with Crippen molar-refractivity contribution >= 4 is 33.8 Å². The number of aryl methyl sites for hydroxylation is 1. The fourth-order valence-electron chi connectivity index (χ4n) is 1.65. The number of nitrogens with one attached hydrogen (secondary N) is 1. The molecule has 0 bridgehead atoms. The van der Waals surface area contributed by atoms with Crippen LogP contribution < -0.4 is 5.32 Å². The Morgan fingerprint density at radius 3 is 2.61 bits per heavy atom. The summed E-state index contributed by atoms with van der Waals surface area (Å²) in [4.78, 5) is 10.2. The third-order valence-electron chi connectivity index (χ3n) is 2.36. The molecule has 0 saturated carbocycles. The van der Waals surface area contributed by atoms with Crippen molar-refractivity contribution in [3.63, 3.8) is 0 Å². The highest BCUT2D eigenvalue weighted by Gasteiger charge is 2.15. The molecule has 0 aromatic heterocycles. The van der Waals surface area contributed by atoms with Crippen LogP contribution in [-0.4, -0.2) is 27.2 Å². The highest BCUT2D eigenvalue weighted by Crippen LogP contribution is 2.31. The SMILES string of the molecule is Cc1cc([N+](=O)[O-])cc(Cl)c1N[C@H](C)C[S@](C)=O. The first-order valence-electron chi connectivity index (χ1n) is 5.32. The molecular weight excluding hydrogens is 276 g/mol. The molecule has 1 rings (SSSR count). The molecule has 18 heavy (non-hydrogen) atoms. The second-order valence-electron chi connectivity index (χ2n) is 4.16. The zero-order valence-corrected chi connectivity index (χ0v) is 12.0. The lowest BCUT2D eigenvalue weighted by atomic mass is 10.1. The second-order valence-corrected chi connectivity index (χ2v) is 6.05. The van der Waals surface area contributed by atoms with E-state index in [9.17, 15) is 14.3 Å². The van der Waals surface area contributed by atoms with Gasteiger partial charge in [-0.25, -0.2) is 0 Å². The minimum absolute atomic E-state index is 0.0199. The second kappa shape index (κ2) is 6.15. The van der Waals surface area contributed by atoms with Crippen molar-refractivity contribution in [3.8, 4) is 0 Å². The topological polar surface area (TPSA) is 72.2 Å². The van der Waals surface area contributed by atoms with E-state index in [0.717, 1.165) is 0 Å². The van der Waals surface area contributed by atoms with Crippen LogP contribution in [0.2, 0.25) is 5.02 Å². The Balaban J connectivity index is 2.96. The summed E-state index contributed by atoms with van der Waals surface area (Å²) in [5, 5.41) is 14.1. The van der Waals surface area contributed by atoms with Gasteiger partial charge in [-0.1, -0.05) is 11.6 Å². The molecular formula is C11H15ClN2O3S. The van der Waals surface area contributed by atoms with Gasteiger partial charge in [-0.2, -0.15) is 0 Å². The molecule has 0 unspecified atom stereocenters. The Bertz CT molecular complexity index is 470. The summed E-state index contributed by atoms with van der Waals surface area (Å²) >= 11 is 6.02. The van der Waals surface area contributed by atoms with Gasteiger partial charge < -0.3 is 5.32 Å². The number of hydrogen-bond donors (Lipinski definition) is 1. The van der Waals surface area contributed by atoms with Crippen LogP contribution in [0.25, 0.3) is 0 Å². The van der Waals surface area contributed by atoms with Crippen LogP contribution >= 0.6 is 11.6 Å². The van der Waals surface area contributed by atoms with Crippen LogP contribution in [0.4, 0.5) is 11.4 Å². The Kier molecular flexibility index (Phi) is 5.10. The van der Waals surface area contributed by atoms with Crippen molar-refractivity contribution in [3.05, 3.63) is 32.8 Å². The lowest BCUT2D eigenvalue weighted by Gasteiger charge is -2.17. The average molecular weight is 291 g/mol. The molecule has 7 heteroatoms. The first-order chi connectivity index (χ1) is 8.31. The molecule has 1 N–H and O–H groups in total. The van der Waals surface area contributed by atoms with E-state index in [1.54, 1.807) is 13.2 Å². The first-order valence-corrected chi connectivity index (χ1v) is 7.43. The highest BCUT2D eigenvalue weighted by atomic mass is 35.5. The van der Waals surface area contributed by atoms with Crippen molar-refractivity contribution < 1.29 is 9.13 Å². The Labute approximate surface area is 113 Å². The lowest BCUT2D eigenvalue weighted by Crippen LogP contribution is -2.23. The molecule has 5 nitrogen and oxygen atoms in total. The van der Waals surface area contributed by atoms with E-state index in [4.69, 9.17) is 11.6 Å². The van der Waals surface area contributed by atoms with Crippen LogP contribution in [0, 0.1) is 17.0 Å². The summed E-state index contributed by atoms with van der Waals surface area (Å²) in [5.74, 6) is 0.493. The number of nitro benzene ring substituents is 1. The van der Waals surface area contributed by atoms with E-state index in [-0.39, 0.29) is 11.7 Å². The number of non-ortho nitro benzene ring substituents is 1. The molecule has 1 aromatic rings. The normalized spacial score (nSPS) is 14.0. The summed E-state index contributed by atoms with van der Waals surface area (Å²) in [6.45, 7) is 3.63. The number of rotatable bonds is 5. The molecule has 0 saturated heterocycles. The molecule has 0 heterocycles. The van der Waals surface area contributed by atoms with Gasteiger partial charge in [-0.05, 0) is 19.4 Å². The van der Waals surface area contributed by atoms with Gasteiger partial charge in [0.2, 0.25) is 0 Å². The summed E-state index contributed by atoms with van der Waals surface area (Å²) in [6.07, 6.45) is 1.63. The molecule has 0 spiro atoms. The number of anilines is 1. The van der Waals surface area contributed by atoms with Gasteiger partial charge in [-0.15, -0.1) is 0 Å². The fourth-order valence-corrected chi connectivity index (χ4v) is 2.76. The van der Waals surface area contributed by atoms with Crippen LogP contribution in [0.5, 0.6) is 0 Å². The van der Waals surface area contributed by atoms with Crippen LogP contribution in [0.15, 0.2) is 12.1 Å². The maximum atomic E-state index is 11.1. The van der Waals surface area contributed by atoms with Gasteiger partial charge >= 0.3 is 0 Å². The molecule has 2 atom stereocenters. The smallest absolute Gasteiger partial charge is 0.271 e. The summed E-state index contributed by atoms with van der Waals surface area (Å²) in [6, 6.07) is 2.75. The maximum Gasteiger partial charge on any atom is 0.271 e. The third-order valence-corrected chi connectivity index (χ3v) is 3.63. The minimum Gasteiger partial charge on any atom is -0.380 e. The number of nitro groups is 1. The van der Waals surface area contributed by atoms with Gasteiger partial charge in [0.25, 0.3) is 5.69 Å². The molecule has 1 aromatic carbocycles. The van der Waals surface area contributed by atoms with Gasteiger partial charge in [0.15, 0.2) is 0 Å². The van der Waals surface area contributed by atoms with E-state index in [1.807, 2.05) is 6.92 Å². The van der Waals surface area contributed by atoms with Crippen LogP contribution in [0.1, 0.15) is 12.5 Å². The molecule has 0 aliphatic rings. The molecule has 100 valence electrons. The van der Waals surface area contributed by atoms with Gasteiger partial charge in [-0.3, -0.25) is 14.3 Å². The predicted molar refractivity (Wildman–Crippen MR) is 74.9 cm³/mol. The fraction of sp³-hybridized carbons (Fsp3) is 0.455. The standard InChI is InChI=1S/C11H15ClN2O3S/c1-7-4-9(14(15)16)5-10(12)11(7)13-8(2)6-18(3)17/h4-5,8,13H,6H2,1-3H3/t8-,18+/m1/s1. The van der Waals surface area contributed by atoms with Gasteiger partial charge in [0.05, 0.1) is 15.6 Å². The van der Waals surface area contributed by atoms with E-state index in [1.165, 1.54) is 12.1 Å². The van der Waals surface area contributed by atoms with Crippen molar-refractivity contribution in [1.29, 1.82) is 0 Å². The number of nitrogens with zero attached hydrogens (tertiary/aromatic N) is 1. The molecule has 0 radical (unpaired) electrons. The van der Waals surface area contributed by atoms with Crippen molar-refractivity contribution in [2.24, 2.45) is 0 Å².